The molecule has 0 radical (unpaired) electrons. The third kappa shape index (κ3) is 6.52. The van der Waals surface area contributed by atoms with Crippen molar-refractivity contribution in [3.05, 3.63) is 93.5 Å². The van der Waals surface area contributed by atoms with Gasteiger partial charge in [-0.15, -0.1) is 0 Å². The monoisotopic (exact) mass is 470 g/mol. The van der Waals surface area contributed by atoms with E-state index in [0.29, 0.717) is 46.9 Å². The molecule has 0 heterocycles. The standard InChI is InChI=1S/C26H24Cl2O4/c1-3-30-25-13-9-19(15-26(25)31-4-2)17-32-21-7-5-6-18(14-21)8-12-24(29)22-11-10-20(27)16-23(22)28/h5-16H,3-4,17H2,1-2H3/b12-8+. The number of hydrogen-bond donors (Lipinski definition) is 0. The number of benzene rings is 3. The van der Waals surface area contributed by atoms with E-state index >= 15 is 0 Å². The highest BCUT2D eigenvalue weighted by molar-refractivity contribution is 6.37. The minimum atomic E-state index is -0.198. The molecular weight excluding hydrogens is 447 g/mol. The van der Waals surface area contributed by atoms with Crippen molar-refractivity contribution in [2.45, 2.75) is 20.5 Å². The summed E-state index contributed by atoms with van der Waals surface area (Å²) in [5.74, 6) is 1.91. The van der Waals surface area contributed by atoms with Gasteiger partial charge in [0.2, 0.25) is 0 Å². The summed E-state index contributed by atoms with van der Waals surface area (Å²) in [4.78, 5) is 12.4. The zero-order valence-electron chi connectivity index (χ0n) is 17.9. The summed E-state index contributed by atoms with van der Waals surface area (Å²) < 4.78 is 17.2. The number of ketones is 1. The highest BCUT2D eigenvalue weighted by atomic mass is 35.5. The zero-order valence-corrected chi connectivity index (χ0v) is 19.5. The first kappa shape index (κ1) is 23.7. The molecule has 0 atom stereocenters. The van der Waals surface area contributed by atoms with E-state index in [1.54, 1.807) is 24.3 Å². The van der Waals surface area contributed by atoms with Crippen LogP contribution in [0.4, 0.5) is 0 Å². The van der Waals surface area contributed by atoms with Gasteiger partial charge in [0.15, 0.2) is 17.3 Å². The van der Waals surface area contributed by atoms with Crippen molar-refractivity contribution in [2.75, 3.05) is 13.2 Å². The lowest BCUT2D eigenvalue weighted by Gasteiger charge is -2.13. The van der Waals surface area contributed by atoms with Crippen LogP contribution in [0.25, 0.3) is 6.08 Å². The highest BCUT2D eigenvalue weighted by Gasteiger charge is 2.09. The van der Waals surface area contributed by atoms with Crippen molar-refractivity contribution in [3.8, 4) is 17.2 Å². The maximum absolute atomic E-state index is 12.4. The fraction of sp³-hybridized carbons (Fsp3) is 0.192. The molecule has 4 nitrogen and oxygen atoms in total. The van der Waals surface area contributed by atoms with Gasteiger partial charge in [-0.05, 0) is 73.5 Å². The molecule has 0 aliphatic carbocycles. The maximum Gasteiger partial charge on any atom is 0.187 e. The second kappa shape index (κ2) is 11.6. The van der Waals surface area contributed by atoms with Gasteiger partial charge in [-0.2, -0.15) is 0 Å². The highest BCUT2D eigenvalue weighted by Crippen LogP contribution is 2.29. The molecule has 0 saturated carbocycles. The Labute approximate surface area is 198 Å². The molecule has 0 aliphatic rings. The number of ether oxygens (including phenoxy) is 3. The molecule has 0 saturated heterocycles. The second-order valence-electron chi connectivity index (χ2n) is 6.83. The minimum Gasteiger partial charge on any atom is -0.490 e. The Bertz CT molecular complexity index is 1110. The Kier molecular flexibility index (Phi) is 8.60. The fourth-order valence-electron chi connectivity index (χ4n) is 3.01. The van der Waals surface area contributed by atoms with Crippen molar-refractivity contribution < 1.29 is 19.0 Å². The molecule has 0 aliphatic heterocycles. The summed E-state index contributed by atoms with van der Waals surface area (Å²) >= 11 is 12.0. The smallest absolute Gasteiger partial charge is 0.187 e. The molecule has 0 amide bonds. The molecule has 166 valence electrons. The fourth-order valence-corrected chi connectivity index (χ4v) is 3.51. The molecular formula is C26H24Cl2O4. The summed E-state index contributed by atoms with van der Waals surface area (Å²) in [6.07, 6.45) is 3.21. The number of hydrogen-bond acceptors (Lipinski definition) is 4. The number of allylic oxidation sites excluding steroid dienone is 1. The van der Waals surface area contributed by atoms with E-state index in [9.17, 15) is 4.79 Å². The lowest BCUT2D eigenvalue weighted by molar-refractivity contribution is 0.104. The molecule has 0 N–H and O–H groups in total. The number of carbonyl (C=O) groups is 1. The van der Waals surface area contributed by atoms with Gasteiger partial charge in [-0.3, -0.25) is 4.79 Å². The Morgan fingerprint density at radius 2 is 1.66 bits per heavy atom. The van der Waals surface area contributed by atoms with Crippen LogP contribution < -0.4 is 14.2 Å². The van der Waals surface area contributed by atoms with Crippen molar-refractivity contribution in [3.63, 3.8) is 0 Å². The molecule has 0 aromatic heterocycles. The van der Waals surface area contributed by atoms with Gasteiger partial charge in [-0.1, -0.05) is 47.5 Å². The van der Waals surface area contributed by atoms with Crippen molar-refractivity contribution in [2.24, 2.45) is 0 Å². The van der Waals surface area contributed by atoms with Gasteiger partial charge < -0.3 is 14.2 Å². The van der Waals surface area contributed by atoms with Crippen molar-refractivity contribution in [1.29, 1.82) is 0 Å². The lowest BCUT2D eigenvalue weighted by atomic mass is 10.1. The van der Waals surface area contributed by atoms with Gasteiger partial charge >= 0.3 is 0 Å². The largest absolute Gasteiger partial charge is 0.490 e. The van der Waals surface area contributed by atoms with Crippen LogP contribution in [0, 0.1) is 0 Å². The summed E-state index contributed by atoms with van der Waals surface area (Å²) in [7, 11) is 0. The van der Waals surface area contributed by atoms with E-state index in [4.69, 9.17) is 37.4 Å². The van der Waals surface area contributed by atoms with Crippen LogP contribution in [0.2, 0.25) is 10.0 Å². The Morgan fingerprint density at radius 3 is 2.41 bits per heavy atom. The third-order valence-electron chi connectivity index (χ3n) is 4.50. The van der Waals surface area contributed by atoms with Crippen LogP contribution >= 0.6 is 23.2 Å². The van der Waals surface area contributed by atoms with E-state index < -0.39 is 0 Å². The topological polar surface area (TPSA) is 44.8 Å². The molecule has 32 heavy (non-hydrogen) atoms. The minimum absolute atomic E-state index is 0.198. The van der Waals surface area contributed by atoms with Crippen LogP contribution in [-0.2, 0) is 6.61 Å². The normalized spacial score (nSPS) is 10.9. The average Bonchev–Trinajstić information content (AvgIpc) is 2.78. The van der Waals surface area contributed by atoms with Crippen LogP contribution in [-0.4, -0.2) is 19.0 Å². The molecule has 3 aromatic rings. The SMILES string of the molecule is CCOc1ccc(COc2cccc(/C=C/C(=O)c3ccc(Cl)cc3Cl)c2)cc1OCC. The molecule has 0 spiro atoms. The Balaban J connectivity index is 1.67. The molecule has 0 fully saturated rings. The number of carbonyl (C=O) groups excluding carboxylic acids is 1. The second-order valence-corrected chi connectivity index (χ2v) is 7.67. The summed E-state index contributed by atoms with van der Waals surface area (Å²) in [6, 6.07) is 18.1. The Morgan fingerprint density at radius 1 is 0.875 bits per heavy atom. The van der Waals surface area contributed by atoms with E-state index in [2.05, 4.69) is 0 Å². The van der Waals surface area contributed by atoms with E-state index in [0.717, 1.165) is 16.9 Å². The number of halogens is 2. The van der Waals surface area contributed by atoms with Gasteiger partial charge in [-0.25, -0.2) is 0 Å². The van der Waals surface area contributed by atoms with Crippen molar-refractivity contribution >= 4 is 35.1 Å². The van der Waals surface area contributed by atoms with Gasteiger partial charge in [0.1, 0.15) is 12.4 Å². The lowest BCUT2D eigenvalue weighted by Crippen LogP contribution is -2.01. The first-order valence-corrected chi connectivity index (χ1v) is 11.0. The quantitative estimate of drug-likeness (QED) is 0.231. The predicted octanol–water partition coefficient (Wildman–Crippen LogP) is 7.27. The third-order valence-corrected chi connectivity index (χ3v) is 5.04. The van der Waals surface area contributed by atoms with E-state index in [1.165, 1.54) is 6.08 Å². The first-order valence-electron chi connectivity index (χ1n) is 10.3. The molecule has 3 rings (SSSR count). The van der Waals surface area contributed by atoms with Crippen LogP contribution in [0.1, 0.15) is 35.3 Å². The first-order chi connectivity index (χ1) is 15.5. The van der Waals surface area contributed by atoms with Crippen LogP contribution in [0.3, 0.4) is 0 Å². The number of rotatable bonds is 10. The average molecular weight is 471 g/mol. The Hall–Kier alpha value is -2.95. The van der Waals surface area contributed by atoms with Crippen LogP contribution in [0.15, 0.2) is 66.7 Å². The van der Waals surface area contributed by atoms with Gasteiger partial charge in [0.05, 0.1) is 18.2 Å². The molecule has 0 unspecified atom stereocenters. The molecule has 0 bridgehead atoms. The van der Waals surface area contributed by atoms with Crippen LogP contribution in [0.5, 0.6) is 17.2 Å². The van der Waals surface area contributed by atoms with E-state index in [1.807, 2.05) is 56.3 Å². The van der Waals surface area contributed by atoms with Gasteiger partial charge in [0, 0.05) is 10.6 Å². The summed E-state index contributed by atoms with van der Waals surface area (Å²) in [6.45, 7) is 5.37. The zero-order chi connectivity index (χ0) is 22.9. The maximum atomic E-state index is 12.4. The molecule has 3 aromatic carbocycles. The van der Waals surface area contributed by atoms with Crippen molar-refractivity contribution in [1.82, 2.24) is 0 Å². The van der Waals surface area contributed by atoms with E-state index in [-0.39, 0.29) is 5.78 Å². The predicted molar refractivity (Wildman–Crippen MR) is 129 cm³/mol. The van der Waals surface area contributed by atoms with Gasteiger partial charge in [0.25, 0.3) is 0 Å². The summed E-state index contributed by atoms with van der Waals surface area (Å²) in [5, 5.41) is 0.812. The molecule has 6 heteroatoms. The summed E-state index contributed by atoms with van der Waals surface area (Å²) in [5.41, 5.74) is 2.20.